The molecule has 1 aliphatic heterocycles. The molecular formula is C24H31FIN5O. The van der Waals surface area contributed by atoms with Crippen molar-refractivity contribution in [3.63, 3.8) is 0 Å². The lowest BCUT2D eigenvalue weighted by atomic mass is 9.95. The number of hydrogen-bond donors (Lipinski definition) is 2. The lowest BCUT2D eigenvalue weighted by Gasteiger charge is -2.36. The summed E-state index contributed by atoms with van der Waals surface area (Å²) in [5, 5.41) is 6.39. The molecule has 4 rings (SSSR count). The van der Waals surface area contributed by atoms with Crippen molar-refractivity contribution in [3.8, 4) is 0 Å². The number of para-hydroxylation sites is 1. The van der Waals surface area contributed by atoms with E-state index in [4.69, 9.17) is 0 Å². The number of aliphatic imine (C=N–C) groups is 1. The zero-order valence-corrected chi connectivity index (χ0v) is 20.7. The Kier molecular flexibility index (Phi) is 8.33. The van der Waals surface area contributed by atoms with Crippen LogP contribution in [0.4, 0.5) is 10.1 Å². The Morgan fingerprint density at radius 3 is 2.28 bits per heavy atom. The van der Waals surface area contributed by atoms with Crippen LogP contribution in [-0.4, -0.2) is 63.1 Å². The van der Waals surface area contributed by atoms with Gasteiger partial charge in [-0.3, -0.25) is 9.79 Å². The first-order valence-electron chi connectivity index (χ1n) is 10.9. The predicted molar refractivity (Wildman–Crippen MR) is 137 cm³/mol. The topological polar surface area (TPSA) is 60.0 Å². The van der Waals surface area contributed by atoms with Crippen molar-refractivity contribution < 1.29 is 9.18 Å². The van der Waals surface area contributed by atoms with E-state index in [1.54, 1.807) is 13.1 Å². The molecule has 0 unspecified atom stereocenters. The van der Waals surface area contributed by atoms with Gasteiger partial charge in [-0.15, -0.1) is 24.0 Å². The number of nitrogens with zero attached hydrogens (tertiary/aromatic N) is 3. The van der Waals surface area contributed by atoms with Crippen molar-refractivity contribution in [2.75, 3.05) is 51.2 Å². The Hall–Kier alpha value is -2.36. The monoisotopic (exact) mass is 551 g/mol. The predicted octanol–water partition coefficient (Wildman–Crippen LogP) is 2.99. The molecule has 2 aromatic rings. The number of benzene rings is 2. The van der Waals surface area contributed by atoms with Gasteiger partial charge < -0.3 is 20.4 Å². The molecule has 1 heterocycles. The van der Waals surface area contributed by atoms with Gasteiger partial charge in [0.1, 0.15) is 5.82 Å². The third-order valence-electron chi connectivity index (χ3n) is 6.28. The van der Waals surface area contributed by atoms with Crippen LogP contribution in [-0.2, 0) is 10.2 Å². The molecule has 1 saturated carbocycles. The van der Waals surface area contributed by atoms with Crippen LogP contribution in [0.3, 0.4) is 0 Å². The first-order valence-corrected chi connectivity index (χ1v) is 10.9. The van der Waals surface area contributed by atoms with Crippen LogP contribution < -0.4 is 15.5 Å². The molecule has 0 spiro atoms. The van der Waals surface area contributed by atoms with E-state index in [2.05, 4.69) is 32.7 Å². The number of halogens is 2. The number of anilines is 1. The summed E-state index contributed by atoms with van der Waals surface area (Å²) < 4.78 is 14.2. The fourth-order valence-electron chi connectivity index (χ4n) is 4.18. The fraction of sp³-hybridized carbons (Fsp3) is 0.417. The average Bonchev–Trinajstić information content (AvgIpc) is 3.61. The van der Waals surface area contributed by atoms with Gasteiger partial charge in [0.15, 0.2) is 5.96 Å². The average molecular weight is 551 g/mol. The number of rotatable bonds is 6. The molecule has 2 aliphatic rings. The van der Waals surface area contributed by atoms with Crippen LogP contribution in [0.2, 0.25) is 0 Å². The summed E-state index contributed by atoms with van der Waals surface area (Å²) in [5.74, 6) is 0.472. The van der Waals surface area contributed by atoms with Crippen LogP contribution in [0, 0.1) is 5.82 Å². The van der Waals surface area contributed by atoms with E-state index < -0.39 is 0 Å². The van der Waals surface area contributed by atoms with Gasteiger partial charge in [0.25, 0.3) is 0 Å². The number of guanidine groups is 1. The summed E-state index contributed by atoms with van der Waals surface area (Å²) >= 11 is 0. The third kappa shape index (κ3) is 5.70. The van der Waals surface area contributed by atoms with Crippen LogP contribution in [0.5, 0.6) is 0 Å². The highest BCUT2D eigenvalue weighted by Crippen LogP contribution is 2.48. The summed E-state index contributed by atoms with van der Waals surface area (Å²) in [4.78, 5) is 21.1. The molecule has 172 valence electrons. The summed E-state index contributed by atoms with van der Waals surface area (Å²) in [5.41, 5.74) is 1.77. The summed E-state index contributed by atoms with van der Waals surface area (Å²) in [6.07, 6.45) is 1.89. The quantitative estimate of drug-likeness (QED) is 0.330. The van der Waals surface area contributed by atoms with Gasteiger partial charge in [-0.25, -0.2) is 4.39 Å². The number of hydrogen-bond acceptors (Lipinski definition) is 3. The molecule has 0 aromatic heterocycles. The summed E-state index contributed by atoms with van der Waals surface area (Å²) in [6.45, 7) is 3.85. The molecule has 2 fully saturated rings. The SMILES string of the molecule is CN=C(NCC(=O)N1CCN(c2ccccc2)CC1)NCC1(c2ccccc2F)CC1.I. The molecular weight excluding hydrogens is 520 g/mol. The van der Waals surface area contributed by atoms with Crippen LogP contribution in [0.15, 0.2) is 59.6 Å². The largest absolute Gasteiger partial charge is 0.368 e. The van der Waals surface area contributed by atoms with Gasteiger partial charge in [0, 0.05) is 50.9 Å². The van der Waals surface area contributed by atoms with Gasteiger partial charge in [-0.1, -0.05) is 36.4 Å². The first kappa shape index (κ1) is 24.3. The van der Waals surface area contributed by atoms with E-state index >= 15 is 0 Å². The zero-order valence-electron chi connectivity index (χ0n) is 18.4. The van der Waals surface area contributed by atoms with Crippen LogP contribution in [0.25, 0.3) is 0 Å². The molecule has 0 atom stereocenters. The molecule has 6 nitrogen and oxygen atoms in total. The molecule has 1 amide bonds. The minimum absolute atomic E-state index is 0. The van der Waals surface area contributed by atoms with Gasteiger partial charge >= 0.3 is 0 Å². The van der Waals surface area contributed by atoms with Crippen LogP contribution in [0.1, 0.15) is 18.4 Å². The zero-order chi connectivity index (χ0) is 21.7. The Morgan fingerprint density at radius 2 is 1.66 bits per heavy atom. The molecule has 0 radical (unpaired) electrons. The minimum Gasteiger partial charge on any atom is -0.368 e. The number of carbonyl (C=O) groups is 1. The summed E-state index contributed by atoms with van der Waals surface area (Å²) in [7, 11) is 1.68. The van der Waals surface area contributed by atoms with Gasteiger partial charge in [0.05, 0.1) is 6.54 Å². The smallest absolute Gasteiger partial charge is 0.242 e. The van der Waals surface area contributed by atoms with Crippen molar-refractivity contribution in [1.29, 1.82) is 0 Å². The van der Waals surface area contributed by atoms with Crippen molar-refractivity contribution in [2.24, 2.45) is 4.99 Å². The highest BCUT2D eigenvalue weighted by Gasteiger charge is 2.45. The third-order valence-corrected chi connectivity index (χ3v) is 6.28. The standard InChI is InChI=1S/C24H30FN5O.HI/c1-26-23(28-18-24(11-12-24)20-9-5-6-10-21(20)25)27-17-22(31)30-15-13-29(14-16-30)19-7-3-2-4-8-19;/h2-10H,11-18H2,1H3,(H2,26,27,28);1H. The Labute approximate surface area is 206 Å². The fourth-order valence-corrected chi connectivity index (χ4v) is 4.18. The molecule has 2 aromatic carbocycles. The molecule has 32 heavy (non-hydrogen) atoms. The maximum Gasteiger partial charge on any atom is 0.242 e. The van der Waals surface area contributed by atoms with E-state index in [0.717, 1.165) is 31.5 Å². The summed E-state index contributed by atoms with van der Waals surface area (Å²) in [6, 6.07) is 17.2. The second-order valence-electron chi connectivity index (χ2n) is 8.24. The minimum atomic E-state index is -0.180. The molecule has 2 N–H and O–H groups in total. The maximum atomic E-state index is 14.2. The highest BCUT2D eigenvalue weighted by molar-refractivity contribution is 14.0. The van der Waals surface area contributed by atoms with Gasteiger partial charge in [-0.05, 0) is 36.6 Å². The van der Waals surface area contributed by atoms with Crippen molar-refractivity contribution in [2.45, 2.75) is 18.3 Å². The van der Waals surface area contributed by atoms with Crippen molar-refractivity contribution in [1.82, 2.24) is 15.5 Å². The Balaban J connectivity index is 0.00000289. The maximum absolute atomic E-state index is 14.2. The highest BCUT2D eigenvalue weighted by atomic mass is 127. The first-order chi connectivity index (χ1) is 15.1. The molecule has 0 bridgehead atoms. The van der Waals surface area contributed by atoms with E-state index in [1.807, 2.05) is 35.2 Å². The van der Waals surface area contributed by atoms with E-state index in [9.17, 15) is 9.18 Å². The lowest BCUT2D eigenvalue weighted by Crippen LogP contribution is -2.52. The van der Waals surface area contributed by atoms with Crippen LogP contribution >= 0.6 is 24.0 Å². The van der Waals surface area contributed by atoms with E-state index in [-0.39, 0.29) is 47.7 Å². The molecule has 8 heteroatoms. The van der Waals surface area contributed by atoms with Gasteiger partial charge in [0.2, 0.25) is 5.91 Å². The van der Waals surface area contributed by atoms with E-state index in [0.29, 0.717) is 25.6 Å². The Bertz CT molecular complexity index is 927. The van der Waals surface area contributed by atoms with Crippen molar-refractivity contribution in [3.05, 3.63) is 66.0 Å². The number of nitrogens with one attached hydrogen (secondary N) is 2. The Morgan fingerprint density at radius 1 is 1.00 bits per heavy atom. The normalized spacial score (nSPS) is 17.4. The molecule has 1 aliphatic carbocycles. The lowest BCUT2D eigenvalue weighted by molar-refractivity contribution is -0.130. The number of piperazine rings is 1. The van der Waals surface area contributed by atoms with Crippen molar-refractivity contribution >= 4 is 41.5 Å². The second-order valence-corrected chi connectivity index (χ2v) is 8.24. The molecule has 1 saturated heterocycles. The number of amides is 1. The number of carbonyl (C=O) groups excluding carboxylic acids is 1. The van der Waals surface area contributed by atoms with E-state index in [1.165, 1.54) is 11.8 Å². The van der Waals surface area contributed by atoms with Gasteiger partial charge in [-0.2, -0.15) is 0 Å². The second kappa shape index (κ2) is 11.0.